The van der Waals surface area contributed by atoms with Gasteiger partial charge in [-0.05, 0) is 44.9 Å². The average Bonchev–Trinajstić information content (AvgIpc) is 3.15. The molecule has 1 atom stereocenters. The zero-order valence-electron chi connectivity index (χ0n) is 19.4. The number of benzene rings is 1. The van der Waals surface area contributed by atoms with Crippen LogP contribution in [0.2, 0.25) is 0 Å². The molecule has 2 aliphatic rings. The van der Waals surface area contributed by atoms with E-state index in [1.165, 1.54) is 0 Å². The van der Waals surface area contributed by atoms with E-state index < -0.39 is 5.97 Å². The largest absolute Gasteiger partial charge is 0.486 e. The predicted octanol–water partition coefficient (Wildman–Crippen LogP) is 3.24. The molecule has 1 aromatic heterocycles. The molecule has 1 saturated heterocycles. The van der Waals surface area contributed by atoms with Crippen LogP contribution in [-0.4, -0.2) is 60.0 Å². The van der Waals surface area contributed by atoms with E-state index in [4.69, 9.17) is 14.2 Å². The summed E-state index contributed by atoms with van der Waals surface area (Å²) in [7, 11) is 0. The number of aromatic nitrogens is 1. The van der Waals surface area contributed by atoms with Crippen molar-refractivity contribution in [3.05, 3.63) is 41.2 Å². The number of hydrogen-bond donors (Lipinski definition) is 0. The van der Waals surface area contributed by atoms with Crippen LogP contribution in [0.3, 0.4) is 0 Å². The van der Waals surface area contributed by atoms with Crippen molar-refractivity contribution in [2.75, 3.05) is 32.9 Å². The zero-order valence-corrected chi connectivity index (χ0v) is 19.4. The Balaban J connectivity index is 1.43. The summed E-state index contributed by atoms with van der Waals surface area (Å²) < 4.78 is 18.6. The highest BCUT2D eigenvalue weighted by Crippen LogP contribution is 2.33. The van der Waals surface area contributed by atoms with Crippen molar-refractivity contribution in [3.8, 4) is 17.2 Å². The first kappa shape index (κ1) is 22.9. The normalized spacial score (nSPS) is 17.5. The number of rotatable bonds is 6. The quantitative estimate of drug-likeness (QED) is 0.492. The van der Waals surface area contributed by atoms with E-state index in [0.717, 1.165) is 23.5 Å². The molecule has 0 spiro atoms. The zero-order chi connectivity index (χ0) is 23.5. The van der Waals surface area contributed by atoms with Gasteiger partial charge in [0.25, 0.3) is 0 Å². The van der Waals surface area contributed by atoms with E-state index in [1.807, 2.05) is 49.6 Å². The molecular formula is C25H30N2O6. The molecule has 176 valence electrons. The number of carbonyl (C=O) groups excluding carboxylic acids is 3. The van der Waals surface area contributed by atoms with Gasteiger partial charge in [0.15, 0.2) is 18.1 Å². The summed E-state index contributed by atoms with van der Waals surface area (Å²) in [5, 5.41) is 0. The smallest absolute Gasteiger partial charge is 0.311 e. The number of esters is 1. The van der Waals surface area contributed by atoms with Gasteiger partial charge in [0.05, 0.1) is 5.92 Å². The Morgan fingerprint density at radius 2 is 1.85 bits per heavy atom. The number of aryl methyl sites for hydroxylation is 1. The maximum Gasteiger partial charge on any atom is 0.311 e. The maximum atomic E-state index is 12.9. The summed E-state index contributed by atoms with van der Waals surface area (Å²) >= 11 is 0. The molecule has 1 amide bonds. The minimum atomic E-state index is -0.419. The van der Waals surface area contributed by atoms with E-state index in [9.17, 15) is 14.4 Å². The monoisotopic (exact) mass is 454 g/mol. The highest BCUT2D eigenvalue weighted by Gasteiger charge is 2.29. The van der Waals surface area contributed by atoms with Crippen LogP contribution in [0.15, 0.2) is 24.3 Å². The van der Waals surface area contributed by atoms with Crippen LogP contribution in [-0.2, 0) is 14.3 Å². The summed E-state index contributed by atoms with van der Waals surface area (Å²) in [5.74, 6) is 0.367. The minimum absolute atomic E-state index is 0.0372. The van der Waals surface area contributed by atoms with E-state index in [2.05, 4.69) is 0 Å². The molecule has 0 bridgehead atoms. The van der Waals surface area contributed by atoms with Crippen LogP contribution in [0.5, 0.6) is 11.5 Å². The second-order valence-electron chi connectivity index (χ2n) is 8.51. The first-order valence-electron chi connectivity index (χ1n) is 11.5. The summed E-state index contributed by atoms with van der Waals surface area (Å²) in [6, 6.07) is 7.50. The van der Waals surface area contributed by atoms with Gasteiger partial charge in [0.1, 0.15) is 13.2 Å². The fraction of sp³-hybridized carbons (Fsp3) is 0.480. The average molecular weight is 455 g/mol. The number of piperidine rings is 1. The van der Waals surface area contributed by atoms with Gasteiger partial charge < -0.3 is 23.7 Å². The van der Waals surface area contributed by atoms with E-state index >= 15 is 0 Å². The maximum absolute atomic E-state index is 12.9. The van der Waals surface area contributed by atoms with Gasteiger partial charge in [-0.1, -0.05) is 6.92 Å². The second kappa shape index (κ2) is 9.68. The van der Waals surface area contributed by atoms with Gasteiger partial charge in [-0.15, -0.1) is 0 Å². The Hall–Kier alpha value is -3.29. The molecule has 0 N–H and O–H groups in total. The third-order valence-corrected chi connectivity index (χ3v) is 6.27. The van der Waals surface area contributed by atoms with Crippen LogP contribution in [0.4, 0.5) is 0 Å². The molecule has 0 aliphatic carbocycles. The number of ether oxygens (including phenoxy) is 3. The van der Waals surface area contributed by atoms with Crippen LogP contribution < -0.4 is 9.47 Å². The number of amides is 1. The van der Waals surface area contributed by atoms with Crippen molar-refractivity contribution >= 4 is 17.7 Å². The first-order chi connectivity index (χ1) is 15.9. The molecule has 1 aromatic carbocycles. The molecule has 2 aromatic rings. The van der Waals surface area contributed by atoms with Gasteiger partial charge in [0, 0.05) is 48.2 Å². The summed E-state index contributed by atoms with van der Waals surface area (Å²) in [6.07, 6.45) is 1.84. The van der Waals surface area contributed by atoms with Gasteiger partial charge in [-0.2, -0.15) is 0 Å². The molecule has 1 fully saturated rings. The number of hydrogen-bond acceptors (Lipinski definition) is 6. The third kappa shape index (κ3) is 4.74. The third-order valence-electron chi connectivity index (χ3n) is 6.27. The molecule has 0 radical (unpaired) electrons. The van der Waals surface area contributed by atoms with Gasteiger partial charge in [0.2, 0.25) is 11.7 Å². The Morgan fingerprint density at radius 1 is 1.09 bits per heavy atom. The number of nitrogens with zero attached hydrogens (tertiary/aromatic N) is 2. The summed E-state index contributed by atoms with van der Waals surface area (Å²) in [4.78, 5) is 39.1. The van der Waals surface area contributed by atoms with Gasteiger partial charge in [-0.25, -0.2) is 0 Å². The van der Waals surface area contributed by atoms with E-state index in [0.29, 0.717) is 56.2 Å². The Labute approximate surface area is 193 Å². The van der Waals surface area contributed by atoms with Crippen LogP contribution in [0, 0.1) is 19.8 Å². The van der Waals surface area contributed by atoms with Gasteiger partial charge in [-0.3, -0.25) is 14.4 Å². The Kier molecular flexibility index (Phi) is 6.72. The second-order valence-corrected chi connectivity index (χ2v) is 8.51. The van der Waals surface area contributed by atoms with Gasteiger partial charge >= 0.3 is 5.97 Å². The lowest BCUT2D eigenvalue weighted by atomic mass is 9.98. The van der Waals surface area contributed by atoms with Crippen LogP contribution in [0.1, 0.15) is 47.9 Å². The molecule has 33 heavy (non-hydrogen) atoms. The molecule has 8 nitrogen and oxygen atoms in total. The van der Waals surface area contributed by atoms with Crippen molar-refractivity contribution in [2.45, 2.75) is 40.0 Å². The highest BCUT2D eigenvalue weighted by molar-refractivity contribution is 5.99. The molecule has 1 unspecified atom stereocenters. The van der Waals surface area contributed by atoms with E-state index in [-0.39, 0.29) is 24.2 Å². The van der Waals surface area contributed by atoms with Crippen LogP contribution >= 0.6 is 0 Å². The summed E-state index contributed by atoms with van der Waals surface area (Å²) in [6.45, 7) is 7.34. The summed E-state index contributed by atoms with van der Waals surface area (Å²) in [5.41, 5.74) is 3.04. The SMILES string of the molecule is CCC(=O)N1CCCC(C(=O)OCC(=O)c2cc(C)n(-c3ccc4c(c3)OCCO4)c2C)C1. The molecule has 4 rings (SSSR count). The fourth-order valence-corrected chi connectivity index (χ4v) is 4.57. The Bertz CT molecular complexity index is 1070. The number of carbonyl (C=O) groups is 3. The van der Waals surface area contributed by atoms with Crippen molar-refractivity contribution in [3.63, 3.8) is 0 Å². The first-order valence-corrected chi connectivity index (χ1v) is 11.5. The predicted molar refractivity (Wildman–Crippen MR) is 121 cm³/mol. The lowest BCUT2D eigenvalue weighted by molar-refractivity contribution is -0.150. The Morgan fingerprint density at radius 3 is 2.61 bits per heavy atom. The highest BCUT2D eigenvalue weighted by atomic mass is 16.6. The number of likely N-dealkylation sites (tertiary alicyclic amines) is 1. The molecule has 0 saturated carbocycles. The number of fused-ring (bicyclic) bond motifs is 1. The molecular weight excluding hydrogens is 424 g/mol. The van der Waals surface area contributed by atoms with Crippen molar-refractivity contribution in [1.29, 1.82) is 0 Å². The topological polar surface area (TPSA) is 87.1 Å². The van der Waals surface area contributed by atoms with Crippen molar-refractivity contribution < 1.29 is 28.6 Å². The van der Waals surface area contributed by atoms with E-state index in [1.54, 1.807) is 4.90 Å². The molecule has 3 heterocycles. The standard InChI is InChI=1S/C25H30N2O6/c1-4-24(29)26-9-5-6-18(14-26)25(30)33-15-21(28)20-12-16(2)27(17(20)3)19-7-8-22-23(13-19)32-11-10-31-22/h7-8,12-13,18H,4-6,9-11,14-15H2,1-3H3. The molecule has 8 heteroatoms. The lowest BCUT2D eigenvalue weighted by Crippen LogP contribution is -2.42. The minimum Gasteiger partial charge on any atom is -0.486 e. The fourth-order valence-electron chi connectivity index (χ4n) is 4.57. The van der Waals surface area contributed by atoms with Crippen LogP contribution in [0.25, 0.3) is 5.69 Å². The number of ketones is 1. The van der Waals surface area contributed by atoms with Crippen molar-refractivity contribution in [2.24, 2.45) is 5.92 Å². The number of Topliss-reactive ketones (excluding diaryl/α,β-unsaturated/α-hetero) is 1. The molecule has 2 aliphatic heterocycles. The van der Waals surface area contributed by atoms with Crippen molar-refractivity contribution in [1.82, 2.24) is 9.47 Å². The lowest BCUT2D eigenvalue weighted by Gasteiger charge is -2.31.